The normalized spacial score (nSPS) is 12.3. The predicted molar refractivity (Wildman–Crippen MR) is 117 cm³/mol. The lowest BCUT2D eigenvalue weighted by atomic mass is 10.1. The maximum atomic E-state index is 10.6. The number of aliphatic hydroxyl groups is 1. The molecule has 0 aliphatic rings. The van der Waals surface area contributed by atoms with Gasteiger partial charge in [0.1, 0.15) is 18.5 Å². The first kappa shape index (κ1) is 23.0. The molecule has 160 valence electrons. The number of rotatable bonds is 12. The number of nitrogens with zero attached hydrogens (tertiary/aromatic N) is 1. The van der Waals surface area contributed by atoms with Gasteiger partial charge in [-0.2, -0.15) is 0 Å². The van der Waals surface area contributed by atoms with Crippen molar-refractivity contribution in [1.82, 2.24) is 4.90 Å². The fourth-order valence-corrected chi connectivity index (χ4v) is 3.25. The van der Waals surface area contributed by atoms with Gasteiger partial charge in [-0.05, 0) is 43.5 Å². The third kappa shape index (κ3) is 7.26. The van der Waals surface area contributed by atoms with Gasteiger partial charge in [0.2, 0.25) is 0 Å². The third-order valence-corrected chi connectivity index (χ3v) is 4.89. The van der Waals surface area contributed by atoms with Crippen LogP contribution < -0.4 is 14.2 Å². The Kier molecular flexibility index (Phi) is 9.29. The van der Waals surface area contributed by atoms with E-state index in [2.05, 4.69) is 18.7 Å². The first-order valence-electron chi connectivity index (χ1n) is 10.2. The minimum absolute atomic E-state index is 0.262. The SMILES string of the molecule is COc1cccc(CN(CCC(C)C)CC(O)COc2ccccc2C)c1OC. The molecule has 5 heteroatoms. The molecule has 1 N–H and O–H groups in total. The van der Waals surface area contributed by atoms with Gasteiger partial charge in [-0.3, -0.25) is 4.90 Å². The van der Waals surface area contributed by atoms with Gasteiger partial charge in [-0.15, -0.1) is 0 Å². The highest BCUT2D eigenvalue weighted by Crippen LogP contribution is 2.31. The van der Waals surface area contributed by atoms with Crippen LogP contribution in [-0.4, -0.2) is 50.0 Å². The molecule has 0 aliphatic heterocycles. The van der Waals surface area contributed by atoms with Crippen molar-refractivity contribution in [2.45, 2.75) is 39.8 Å². The zero-order valence-corrected chi connectivity index (χ0v) is 18.4. The highest BCUT2D eigenvalue weighted by molar-refractivity contribution is 5.46. The largest absolute Gasteiger partial charge is 0.493 e. The average Bonchev–Trinajstić information content (AvgIpc) is 2.71. The summed E-state index contributed by atoms with van der Waals surface area (Å²) >= 11 is 0. The van der Waals surface area contributed by atoms with Gasteiger partial charge in [-0.1, -0.05) is 44.2 Å². The third-order valence-electron chi connectivity index (χ3n) is 4.89. The Bertz CT molecular complexity index is 747. The number of benzene rings is 2. The molecule has 29 heavy (non-hydrogen) atoms. The fraction of sp³-hybridized carbons (Fsp3) is 0.500. The van der Waals surface area contributed by atoms with Crippen LogP contribution in [0.15, 0.2) is 42.5 Å². The quantitative estimate of drug-likeness (QED) is 0.575. The Balaban J connectivity index is 2.05. The number of aliphatic hydroxyl groups excluding tert-OH is 1. The minimum Gasteiger partial charge on any atom is -0.493 e. The topological polar surface area (TPSA) is 51.2 Å². The number of methoxy groups -OCH3 is 2. The molecular weight excluding hydrogens is 366 g/mol. The standard InChI is InChI=1S/C24H35NO4/c1-18(2)13-14-25(15-20-10-8-12-23(27-4)24(20)28-5)16-21(26)17-29-22-11-7-6-9-19(22)3/h6-12,18,21,26H,13-17H2,1-5H3. The first-order valence-corrected chi connectivity index (χ1v) is 10.2. The maximum absolute atomic E-state index is 10.6. The molecule has 2 aromatic carbocycles. The molecule has 1 atom stereocenters. The zero-order chi connectivity index (χ0) is 21.2. The summed E-state index contributed by atoms with van der Waals surface area (Å²) in [7, 11) is 3.30. The molecule has 0 fully saturated rings. The van der Waals surface area contributed by atoms with Crippen LogP contribution in [0.2, 0.25) is 0 Å². The van der Waals surface area contributed by atoms with Crippen molar-refractivity contribution in [3.63, 3.8) is 0 Å². The van der Waals surface area contributed by atoms with Crippen LogP contribution >= 0.6 is 0 Å². The van der Waals surface area contributed by atoms with Crippen molar-refractivity contribution in [3.8, 4) is 17.2 Å². The summed E-state index contributed by atoms with van der Waals surface area (Å²) in [5.74, 6) is 2.87. The molecular formula is C24H35NO4. The van der Waals surface area contributed by atoms with E-state index in [1.54, 1.807) is 14.2 Å². The Morgan fingerprint density at radius 3 is 2.34 bits per heavy atom. The summed E-state index contributed by atoms with van der Waals surface area (Å²) in [4.78, 5) is 2.25. The highest BCUT2D eigenvalue weighted by atomic mass is 16.5. The fourth-order valence-electron chi connectivity index (χ4n) is 3.25. The highest BCUT2D eigenvalue weighted by Gasteiger charge is 2.17. The first-order chi connectivity index (χ1) is 13.9. The molecule has 0 saturated carbocycles. The van der Waals surface area contributed by atoms with Crippen LogP contribution in [0.3, 0.4) is 0 Å². The van der Waals surface area contributed by atoms with E-state index >= 15 is 0 Å². The van der Waals surface area contributed by atoms with Crippen molar-refractivity contribution in [3.05, 3.63) is 53.6 Å². The second-order valence-corrected chi connectivity index (χ2v) is 7.80. The van der Waals surface area contributed by atoms with Crippen molar-refractivity contribution in [2.75, 3.05) is 33.9 Å². The Hall–Kier alpha value is -2.24. The van der Waals surface area contributed by atoms with Gasteiger partial charge >= 0.3 is 0 Å². The Morgan fingerprint density at radius 2 is 1.69 bits per heavy atom. The van der Waals surface area contributed by atoms with E-state index in [9.17, 15) is 5.11 Å². The summed E-state index contributed by atoms with van der Waals surface area (Å²) in [6.07, 6.45) is 0.468. The lowest BCUT2D eigenvalue weighted by molar-refractivity contribution is 0.0634. The van der Waals surface area contributed by atoms with E-state index in [4.69, 9.17) is 14.2 Å². The smallest absolute Gasteiger partial charge is 0.165 e. The van der Waals surface area contributed by atoms with E-state index in [1.807, 2.05) is 49.4 Å². The Morgan fingerprint density at radius 1 is 0.966 bits per heavy atom. The molecule has 2 aromatic rings. The van der Waals surface area contributed by atoms with E-state index in [0.29, 0.717) is 19.0 Å². The molecule has 0 radical (unpaired) electrons. The summed E-state index contributed by atoms with van der Waals surface area (Å²) in [6, 6.07) is 13.8. The monoisotopic (exact) mass is 401 g/mol. The molecule has 2 rings (SSSR count). The number of hydrogen-bond acceptors (Lipinski definition) is 5. The van der Waals surface area contributed by atoms with Gasteiger partial charge in [0.25, 0.3) is 0 Å². The number of ether oxygens (including phenoxy) is 3. The van der Waals surface area contributed by atoms with Gasteiger partial charge in [0.05, 0.1) is 14.2 Å². The molecule has 0 aliphatic carbocycles. The van der Waals surface area contributed by atoms with Crippen molar-refractivity contribution < 1.29 is 19.3 Å². The summed E-state index contributed by atoms with van der Waals surface area (Å²) in [6.45, 7) is 8.78. The van der Waals surface area contributed by atoms with Crippen LogP contribution in [0.1, 0.15) is 31.4 Å². The molecule has 1 unspecified atom stereocenters. The number of para-hydroxylation sites is 2. The van der Waals surface area contributed by atoms with Crippen LogP contribution in [0.4, 0.5) is 0 Å². The average molecular weight is 402 g/mol. The lowest BCUT2D eigenvalue weighted by Crippen LogP contribution is -2.36. The number of aryl methyl sites for hydroxylation is 1. The maximum Gasteiger partial charge on any atom is 0.165 e. The molecule has 0 amide bonds. The molecule has 0 spiro atoms. The van der Waals surface area contributed by atoms with Crippen molar-refractivity contribution >= 4 is 0 Å². The second-order valence-electron chi connectivity index (χ2n) is 7.80. The van der Waals surface area contributed by atoms with Crippen LogP contribution in [0.5, 0.6) is 17.2 Å². The second kappa shape index (κ2) is 11.7. The summed E-state index contributed by atoms with van der Waals surface area (Å²) in [5, 5.41) is 10.6. The van der Waals surface area contributed by atoms with Crippen molar-refractivity contribution in [2.24, 2.45) is 5.92 Å². The molecule has 0 aromatic heterocycles. The van der Waals surface area contributed by atoms with Gasteiger partial charge in [0.15, 0.2) is 11.5 Å². The van der Waals surface area contributed by atoms with E-state index < -0.39 is 6.10 Å². The predicted octanol–water partition coefficient (Wildman–Crippen LogP) is 4.30. The molecule has 0 heterocycles. The van der Waals surface area contributed by atoms with Crippen molar-refractivity contribution in [1.29, 1.82) is 0 Å². The van der Waals surface area contributed by atoms with Gasteiger partial charge in [-0.25, -0.2) is 0 Å². The van der Waals surface area contributed by atoms with E-state index in [-0.39, 0.29) is 6.61 Å². The Labute approximate surface area is 175 Å². The lowest BCUT2D eigenvalue weighted by Gasteiger charge is -2.27. The zero-order valence-electron chi connectivity index (χ0n) is 18.4. The molecule has 5 nitrogen and oxygen atoms in total. The molecule has 0 saturated heterocycles. The van der Waals surface area contributed by atoms with Gasteiger partial charge in [0, 0.05) is 18.7 Å². The number of hydrogen-bond donors (Lipinski definition) is 1. The van der Waals surface area contributed by atoms with Crippen LogP contribution in [0.25, 0.3) is 0 Å². The minimum atomic E-state index is -0.585. The summed E-state index contributed by atoms with van der Waals surface area (Å²) < 4.78 is 16.8. The van der Waals surface area contributed by atoms with E-state index in [1.165, 1.54) is 0 Å². The summed E-state index contributed by atoms with van der Waals surface area (Å²) in [5.41, 5.74) is 2.11. The van der Waals surface area contributed by atoms with Gasteiger partial charge < -0.3 is 19.3 Å². The van der Waals surface area contributed by atoms with E-state index in [0.717, 1.165) is 41.3 Å². The molecule has 0 bridgehead atoms. The van der Waals surface area contributed by atoms with Crippen LogP contribution in [0, 0.1) is 12.8 Å². The van der Waals surface area contributed by atoms with Crippen LogP contribution in [-0.2, 0) is 6.54 Å².